The summed E-state index contributed by atoms with van der Waals surface area (Å²) < 4.78 is 0. The second kappa shape index (κ2) is 18.4. The van der Waals surface area contributed by atoms with E-state index in [2.05, 4.69) is 46.2 Å². The third-order valence-electron chi connectivity index (χ3n) is 7.26. The van der Waals surface area contributed by atoms with Crippen molar-refractivity contribution in [2.75, 3.05) is 6.54 Å². The second-order valence-corrected chi connectivity index (χ2v) is 11.2. The first-order valence-electron chi connectivity index (χ1n) is 15.3. The maximum absolute atomic E-state index is 13.4. The largest absolute Gasteiger partial charge is 0.508 e. The van der Waals surface area contributed by atoms with E-state index >= 15 is 0 Å². The molecule has 0 aliphatic heterocycles. The van der Waals surface area contributed by atoms with Crippen LogP contribution in [0.25, 0.3) is 0 Å². The summed E-state index contributed by atoms with van der Waals surface area (Å²) >= 11 is 0. The maximum Gasteiger partial charge on any atom is 0.326 e. The number of hydrogen-bond donors (Lipinski definition) is 11. The number of phenolic OH excluding ortho intramolecular Hbond substituents is 1. The molecule has 0 aliphatic carbocycles. The Balaban J connectivity index is 1.68. The van der Waals surface area contributed by atoms with E-state index in [0.29, 0.717) is 23.4 Å². The summed E-state index contributed by atoms with van der Waals surface area (Å²) in [4.78, 5) is 82.3. The number of benzene rings is 1. The number of rotatable bonds is 19. The molecule has 19 heteroatoms. The molecule has 0 aliphatic rings. The molecule has 2 heterocycles. The molecule has 0 saturated carbocycles. The van der Waals surface area contributed by atoms with Crippen LogP contribution in [0.5, 0.6) is 5.75 Å². The number of phenols is 1. The summed E-state index contributed by atoms with van der Waals surface area (Å²) in [6, 6.07) is -0.143. The smallest absolute Gasteiger partial charge is 0.326 e. The quantitative estimate of drug-likeness (QED) is 0.0349. The van der Waals surface area contributed by atoms with Gasteiger partial charge in [0, 0.05) is 49.6 Å². The number of guanidine groups is 1. The highest BCUT2D eigenvalue weighted by Crippen LogP contribution is 2.12. The van der Waals surface area contributed by atoms with Crippen LogP contribution in [0.1, 0.15) is 36.7 Å². The molecule has 0 radical (unpaired) electrons. The molecular formula is C30H42N12O7. The van der Waals surface area contributed by atoms with Crippen molar-refractivity contribution in [3.8, 4) is 5.75 Å². The molecule has 14 N–H and O–H groups in total. The van der Waals surface area contributed by atoms with Crippen LogP contribution in [0.3, 0.4) is 0 Å². The normalized spacial score (nSPS) is 13.9. The number of nitrogens with one attached hydrogen (secondary N) is 6. The highest BCUT2D eigenvalue weighted by molar-refractivity contribution is 5.95. The van der Waals surface area contributed by atoms with Crippen LogP contribution in [0, 0.1) is 0 Å². The molecular weight excluding hydrogens is 640 g/mol. The van der Waals surface area contributed by atoms with E-state index in [-0.39, 0.29) is 43.9 Å². The van der Waals surface area contributed by atoms with Crippen molar-refractivity contribution in [1.29, 1.82) is 0 Å². The summed E-state index contributed by atoms with van der Waals surface area (Å²) in [6.07, 6.45) is 6.13. The number of carbonyl (C=O) groups is 5. The molecule has 0 spiro atoms. The monoisotopic (exact) mass is 682 g/mol. The van der Waals surface area contributed by atoms with Gasteiger partial charge in [-0.25, -0.2) is 14.8 Å². The summed E-state index contributed by atoms with van der Waals surface area (Å²) in [5, 5.41) is 29.5. The topological polar surface area (TPSA) is 322 Å². The Bertz CT molecular complexity index is 1560. The minimum atomic E-state index is -1.36. The minimum Gasteiger partial charge on any atom is -0.508 e. The van der Waals surface area contributed by atoms with Crippen LogP contribution in [0.4, 0.5) is 0 Å². The lowest BCUT2D eigenvalue weighted by Crippen LogP contribution is -2.58. The SMILES string of the molecule is C[C@H](NC(=O)[C@H](CCCN=C(N)N)NC(=O)[C@@H](N)Cc1cnc[nH]1)C(=O)N[C@@H](Cc1cnc[nH]1)C(=O)N[C@@H](Cc1ccc(O)cc1)C(=O)O. The highest BCUT2D eigenvalue weighted by atomic mass is 16.4. The molecule has 49 heavy (non-hydrogen) atoms. The van der Waals surface area contributed by atoms with Crippen LogP contribution in [-0.4, -0.2) is 102 Å². The van der Waals surface area contributed by atoms with Crippen LogP contribution in [0.2, 0.25) is 0 Å². The predicted octanol–water partition coefficient (Wildman–Crippen LogP) is -2.71. The summed E-state index contributed by atoms with van der Waals surface area (Å²) in [5.41, 5.74) is 18.4. The fraction of sp³-hybridized carbons (Fsp3) is 0.400. The second-order valence-electron chi connectivity index (χ2n) is 11.2. The van der Waals surface area contributed by atoms with E-state index in [0.717, 1.165) is 0 Å². The van der Waals surface area contributed by atoms with Crippen molar-refractivity contribution in [2.45, 2.75) is 69.2 Å². The number of nitrogens with zero attached hydrogens (tertiary/aromatic N) is 3. The third kappa shape index (κ3) is 12.6. The lowest BCUT2D eigenvalue weighted by atomic mass is 10.0. The van der Waals surface area contributed by atoms with Crippen LogP contribution >= 0.6 is 0 Å². The molecule has 0 unspecified atom stereocenters. The highest BCUT2D eigenvalue weighted by Gasteiger charge is 2.31. The molecule has 3 rings (SSSR count). The van der Waals surface area contributed by atoms with Crippen molar-refractivity contribution in [3.63, 3.8) is 0 Å². The van der Waals surface area contributed by atoms with E-state index in [9.17, 15) is 34.2 Å². The van der Waals surface area contributed by atoms with Gasteiger partial charge in [0.05, 0.1) is 18.7 Å². The zero-order valence-electron chi connectivity index (χ0n) is 26.8. The van der Waals surface area contributed by atoms with Crippen molar-refractivity contribution in [3.05, 3.63) is 66.3 Å². The fourth-order valence-electron chi connectivity index (χ4n) is 4.62. The number of nitrogens with two attached hydrogens (primary N) is 3. The molecule has 2 aromatic heterocycles. The molecule has 5 atom stereocenters. The Kier molecular flexibility index (Phi) is 14.1. The number of amides is 4. The summed E-state index contributed by atoms with van der Waals surface area (Å²) in [5.74, 6) is -4.35. The van der Waals surface area contributed by atoms with E-state index in [1.165, 1.54) is 56.2 Å². The average molecular weight is 683 g/mol. The number of aliphatic carboxylic acids is 1. The molecule has 1 aromatic carbocycles. The number of aliphatic imine (C=N–C) groups is 1. The molecule has 19 nitrogen and oxygen atoms in total. The first-order chi connectivity index (χ1) is 23.3. The van der Waals surface area contributed by atoms with Crippen molar-refractivity contribution in [1.82, 2.24) is 41.2 Å². The van der Waals surface area contributed by atoms with Crippen LogP contribution < -0.4 is 38.5 Å². The number of aromatic nitrogens is 4. The van der Waals surface area contributed by atoms with Crippen LogP contribution in [-0.2, 0) is 43.2 Å². The van der Waals surface area contributed by atoms with Gasteiger partial charge in [-0.1, -0.05) is 12.1 Å². The number of hydrogen-bond acceptors (Lipinski definition) is 10. The number of imidazole rings is 2. The summed E-state index contributed by atoms with van der Waals surface area (Å²) in [7, 11) is 0. The number of aromatic hydroxyl groups is 1. The Morgan fingerprint density at radius 2 is 1.37 bits per heavy atom. The van der Waals surface area contributed by atoms with Crippen molar-refractivity contribution in [2.24, 2.45) is 22.2 Å². The van der Waals surface area contributed by atoms with Gasteiger partial charge in [-0.05, 0) is 37.5 Å². The molecule has 3 aromatic rings. The standard InChI is InChI=1S/C30H42N12O7/c1-16(39-27(46)22(3-2-8-36-30(32)33)40-26(45)21(31)10-18-12-34-14-37-18)25(44)41-23(11-19-13-35-15-38-19)28(47)42-24(29(48)49)9-17-4-6-20(43)7-5-17/h4-7,12-16,21-24,43H,2-3,8-11,31H2,1H3,(H,34,37)(H,35,38)(H,39,46)(H,40,45)(H,41,44)(H,42,47)(H,48,49)(H4,32,33,36)/t16-,21-,22-,23-,24-/m0/s1. The summed E-state index contributed by atoms with van der Waals surface area (Å²) in [6.45, 7) is 1.55. The van der Waals surface area contributed by atoms with Gasteiger partial charge in [0.2, 0.25) is 23.6 Å². The third-order valence-corrected chi connectivity index (χ3v) is 7.26. The molecule has 4 amide bonds. The zero-order chi connectivity index (χ0) is 35.9. The van der Waals surface area contributed by atoms with Gasteiger partial charge in [-0.15, -0.1) is 0 Å². The van der Waals surface area contributed by atoms with E-state index in [4.69, 9.17) is 17.2 Å². The lowest BCUT2D eigenvalue weighted by Gasteiger charge is -2.25. The molecule has 264 valence electrons. The molecule has 0 fully saturated rings. The van der Waals surface area contributed by atoms with Gasteiger partial charge in [0.15, 0.2) is 5.96 Å². The van der Waals surface area contributed by atoms with Crippen molar-refractivity contribution >= 4 is 35.6 Å². The van der Waals surface area contributed by atoms with Gasteiger partial charge in [0.25, 0.3) is 0 Å². The van der Waals surface area contributed by atoms with Gasteiger partial charge >= 0.3 is 5.97 Å². The Hall–Kier alpha value is -5.98. The first kappa shape index (κ1) is 37.5. The number of H-pyrrole nitrogens is 2. The first-order valence-corrected chi connectivity index (χ1v) is 15.3. The lowest BCUT2D eigenvalue weighted by molar-refractivity contribution is -0.142. The number of carboxylic acid groups (broad SMARTS) is 1. The van der Waals surface area contributed by atoms with Gasteiger partial charge in [-0.3, -0.25) is 24.2 Å². The minimum absolute atomic E-state index is 0.00305. The average Bonchev–Trinajstić information content (AvgIpc) is 3.77. The fourth-order valence-corrected chi connectivity index (χ4v) is 4.62. The van der Waals surface area contributed by atoms with Crippen molar-refractivity contribution < 1.29 is 34.2 Å². The van der Waals surface area contributed by atoms with Gasteiger partial charge < -0.3 is 58.6 Å². The van der Waals surface area contributed by atoms with Gasteiger partial charge in [0.1, 0.15) is 29.9 Å². The Labute approximate surface area is 280 Å². The van der Waals surface area contributed by atoms with E-state index in [1.54, 1.807) is 0 Å². The number of carbonyl (C=O) groups excluding carboxylic acids is 4. The molecule has 0 bridgehead atoms. The number of aromatic amines is 2. The van der Waals surface area contributed by atoms with E-state index in [1.807, 2.05) is 0 Å². The Morgan fingerprint density at radius 3 is 1.94 bits per heavy atom. The predicted molar refractivity (Wildman–Crippen MR) is 175 cm³/mol. The maximum atomic E-state index is 13.4. The number of carboxylic acids is 1. The van der Waals surface area contributed by atoms with Crippen LogP contribution in [0.15, 0.2) is 54.3 Å². The Morgan fingerprint density at radius 1 is 0.796 bits per heavy atom. The zero-order valence-corrected chi connectivity index (χ0v) is 26.8. The molecule has 0 saturated heterocycles. The van der Waals surface area contributed by atoms with E-state index < -0.39 is 59.8 Å². The van der Waals surface area contributed by atoms with Gasteiger partial charge in [-0.2, -0.15) is 0 Å².